The molecule has 3 aromatic rings. The van der Waals surface area contributed by atoms with E-state index in [1.54, 1.807) is 22.7 Å². The third kappa shape index (κ3) is 2.66. The highest BCUT2D eigenvalue weighted by Gasteiger charge is 2.12. The van der Waals surface area contributed by atoms with Crippen LogP contribution in [0.4, 0.5) is 0 Å². The van der Waals surface area contributed by atoms with Gasteiger partial charge in [0.2, 0.25) is 0 Å². The molecule has 0 bridgehead atoms. The van der Waals surface area contributed by atoms with Crippen LogP contribution in [0.2, 0.25) is 5.02 Å². The first-order valence-corrected chi connectivity index (χ1v) is 8.52. The van der Waals surface area contributed by atoms with Crippen LogP contribution in [0.15, 0.2) is 41.9 Å². The second-order valence-electron chi connectivity index (χ2n) is 4.88. The molecule has 0 spiro atoms. The van der Waals surface area contributed by atoms with Gasteiger partial charge in [-0.05, 0) is 41.1 Å². The normalized spacial score (nSPS) is 11.2. The van der Waals surface area contributed by atoms with Gasteiger partial charge < -0.3 is 0 Å². The summed E-state index contributed by atoms with van der Waals surface area (Å²) in [5.74, 6) is 0.458. The molecule has 0 atom stereocenters. The fraction of sp³-hybridized carbons (Fsp3) is 0.188. The van der Waals surface area contributed by atoms with Crippen molar-refractivity contribution in [2.24, 2.45) is 0 Å². The number of aromatic nitrogens is 1. The average Bonchev–Trinajstić information content (AvgIpc) is 3.08. The summed E-state index contributed by atoms with van der Waals surface area (Å²) in [4.78, 5) is 8.10. The number of rotatable bonds is 3. The Balaban J connectivity index is 2.03. The Labute approximate surface area is 131 Å². The lowest BCUT2D eigenvalue weighted by Crippen LogP contribution is -1.81. The van der Waals surface area contributed by atoms with Crippen LogP contribution in [0.5, 0.6) is 0 Å². The van der Waals surface area contributed by atoms with Crippen molar-refractivity contribution in [3.63, 3.8) is 0 Å². The molecule has 0 aliphatic heterocycles. The van der Waals surface area contributed by atoms with Gasteiger partial charge in [0, 0.05) is 16.0 Å². The second kappa shape index (κ2) is 5.68. The summed E-state index contributed by atoms with van der Waals surface area (Å²) in [6.45, 7) is 4.34. The minimum absolute atomic E-state index is 0.458. The van der Waals surface area contributed by atoms with Gasteiger partial charge in [-0.15, -0.1) is 22.7 Å². The van der Waals surface area contributed by atoms with Crippen molar-refractivity contribution >= 4 is 34.3 Å². The van der Waals surface area contributed by atoms with Crippen LogP contribution in [-0.4, -0.2) is 4.98 Å². The highest BCUT2D eigenvalue weighted by atomic mass is 35.5. The van der Waals surface area contributed by atoms with Crippen LogP contribution in [-0.2, 0) is 0 Å². The largest absolute Gasteiger partial charge is 0.255 e. The molecule has 0 unspecified atom stereocenters. The standard InChI is InChI=1S/C16H14ClNS2/c1-10(2)16-12(17)9-15(20-16)11-5-6-18-13(8-11)14-4-3-7-19-14/h3-10H,1-2H3. The SMILES string of the molecule is CC(C)c1sc(-c2ccnc(-c3cccs3)c2)cc1Cl. The molecule has 0 radical (unpaired) electrons. The van der Waals surface area contributed by atoms with E-state index in [9.17, 15) is 0 Å². The van der Waals surface area contributed by atoms with Crippen LogP contribution >= 0.6 is 34.3 Å². The van der Waals surface area contributed by atoms with Gasteiger partial charge in [-0.2, -0.15) is 0 Å². The lowest BCUT2D eigenvalue weighted by molar-refractivity contribution is 0.890. The van der Waals surface area contributed by atoms with Gasteiger partial charge in [0.05, 0.1) is 15.6 Å². The van der Waals surface area contributed by atoms with E-state index in [1.165, 1.54) is 20.2 Å². The quantitative estimate of drug-likeness (QED) is 0.550. The van der Waals surface area contributed by atoms with Crippen molar-refractivity contribution in [3.8, 4) is 21.0 Å². The van der Waals surface area contributed by atoms with Gasteiger partial charge in [-0.3, -0.25) is 4.98 Å². The summed E-state index contributed by atoms with van der Waals surface area (Å²) >= 11 is 9.80. The predicted molar refractivity (Wildman–Crippen MR) is 90.0 cm³/mol. The maximum absolute atomic E-state index is 6.33. The van der Waals surface area contributed by atoms with E-state index in [0.29, 0.717) is 5.92 Å². The lowest BCUT2D eigenvalue weighted by atomic mass is 10.1. The topological polar surface area (TPSA) is 12.9 Å². The third-order valence-electron chi connectivity index (χ3n) is 3.06. The van der Waals surface area contributed by atoms with E-state index < -0.39 is 0 Å². The first kappa shape index (κ1) is 13.8. The zero-order valence-electron chi connectivity index (χ0n) is 11.3. The van der Waals surface area contributed by atoms with Gasteiger partial charge in [-0.25, -0.2) is 0 Å². The van der Waals surface area contributed by atoms with Gasteiger partial charge in [0.15, 0.2) is 0 Å². The number of halogens is 1. The Morgan fingerprint density at radius 1 is 1.15 bits per heavy atom. The van der Waals surface area contributed by atoms with Gasteiger partial charge in [-0.1, -0.05) is 31.5 Å². The van der Waals surface area contributed by atoms with E-state index in [2.05, 4.69) is 42.4 Å². The lowest BCUT2D eigenvalue weighted by Gasteiger charge is -2.02. The van der Waals surface area contributed by atoms with Crippen LogP contribution in [0.25, 0.3) is 21.0 Å². The number of hydrogen-bond donors (Lipinski definition) is 0. The van der Waals surface area contributed by atoms with E-state index in [-0.39, 0.29) is 0 Å². The molecule has 3 aromatic heterocycles. The molecule has 0 fully saturated rings. The molecule has 102 valence electrons. The minimum Gasteiger partial charge on any atom is -0.255 e. The Bertz CT molecular complexity index is 714. The predicted octanol–water partition coefficient (Wildman–Crippen LogP) is 6.32. The van der Waals surface area contributed by atoms with Crippen molar-refractivity contribution in [1.82, 2.24) is 4.98 Å². The molecule has 0 aliphatic carbocycles. The highest BCUT2D eigenvalue weighted by Crippen LogP contribution is 2.39. The Hall–Kier alpha value is -1.16. The highest BCUT2D eigenvalue weighted by molar-refractivity contribution is 7.16. The van der Waals surface area contributed by atoms with Crippen LogP contribution in [0.3, 0.4) is 0 Å². The summed E-state index contributed by atoms with van der Waals surface area (Å²) in [5.41, 5.74) is 2.20. The molecule has 0 N–H and O–H groups in total. The van der Waals surface area contributed by atoms with Crippen LogP contribution in [0, 0.1) is 0 Å². The average molecular weight is 320 g/mol. The summed E-state index contributed by atoms with van der Waals surface area (Å²) in [6, 6.07) is 10.4. The zero-order valence-corrected chi connectivity index (χ0v) is 13.6. The number of pyridine rings is 1. The van der Waals surface area contributed by atoms with Gasteiger partial charge >= 0.3 is 0 Å². The van der Waals surface area contributed by atoms with E-state index in [0.717, 1.165) is 10.7 Å². The molecule has 0 aliphatic rings. The van der Waals surface area contributed by atoms with Crippen molar-refractivity contribution in [2.75, 3.05) is 0 Å². The smallest absolute Gasteiger partial charge is 0.0808 e. The number of nitrogens with zero attached hydrogens (tertiary/aromatic N) is 1. The Morgan fingerprint density at radius 3 is 2.65 bits per heavy atom. The Kier molecular flexibility index (Phi) is 3.92. The molecule has 1 nitrogen and oxygen atoms in total. The minimum atomic E-state index is 0.458. The fourth-order valence-corrected chi connectivity index (χ4v) is 4.31. The van der Waals surface area contributed by atoms with Gasteiger partial charge in [0.25, 0.3) is 0 Å². The molecule has 0 aromatic carbocycles. The number of hydrogen-bond acceptors (Lipinski definition) is 3. The molecule has 20 heavy (non-hydrogen) atoms. The van der Waals surface area contributed by atoms with Crippen LogP contribution in [0.1, 0.15) is 24.6 Å². The van der Waals surface area contributed by atoms with Crippen molar-refractivity contribution in [3.05, 3.63) is 51.8 Å². The monoisotopic (exact) mass is 319 g/mol. The summed E-state index contributed by atoms with van der Waals surface area (Å²) in [5, 5.41) is 2.94. The first-order valence-electron chi connectivity index (χ1n) is 6.44. The zero-order chi connectivity index (χ0) is 14.1. The van der Waals surface area contributed by atoms with Crippen molar-refractivity contribution in [1.29, 1.82) is 0 Å². The maximum atomic E-state index is 6.33. The van der Waals surface area contributed by atoms with E-state index in [1.807, 2.05) is 18.3 Å². The van der Waals surface area contributed by atoms with Crippen molar-refractivity contribution in [2.45, 2.75) is 19.8 Å². The fourth-order valence-electron chi connectivity index (χ4n) is 2.06. The number of thiophene rings is 2. The Morgan fingerprint density at radius 2 is 2.00 bits per heavy atom. The van der Waals surface area contributed by atoms with Crippen LogP contribution < -0.4 is 0 Å². The van der Waals surface area contributed by atoms with E-state index >= 15 is 0 Å². The summed E-state index contributed by atoms with van der Waals surface area (Å²) in [6.07, 6.45) is 1.87. The van der Waals surface area contributed by atoms with Crippen molar-refractivity contribution < 1.29 is 0 Å². The van der Waals surface area contributed by atoms with Gasteiger partial charge in [0.1, 0.15) is 0 Å². The third-order valence-corrected chi connectivity index (χ3v) is 5.86. The molecule has 3 heterocycles. The second-order valence-corrected chi connectivity index (χ2v) is 7.32. The molecule has 4 heteroatoms. The summed E-state index contributed by atoms with van der Waals surface area (Å²) < 4.78 is 0. The maximum Gasteiger partial charge on any atom is 0.0808 e. The first-order chi connectivity index (χ1) is 9.65. The molecular formula is C16H14ClNS2. The molecule has 0 saturated carbocycles. The molecule has 3 rings (SSSR count). The molecular weight excluding hydrogens is 306 g/mol. The molecule has 0 saturated heterocycles. The summed E-state index contributed by atoms with van der Waals surface area (Å²) in [7, 11) is 0. The van der Waals surface area contributed by atoms with E-state index in [4.69, 9.17) is 11.6 Å². The molecule has 0 amide bonds.